The lowest BCUT2D eigenvalue weighted by molar-refractivity contribution is -0.137. The Bertz CT molecular complexity index is 723. The predicted octanol–water partition coefficient (Wildman–Crippen LogP) is 3.57. The van der Waals surface area contributed by atoms with Gasteiger partial charge in [0.1, 0.15) is 0 Å². The molecular formula is C20H28F3N5S. The van der Waals surface area contributed by atoms with Gasteiger partial charge in [-0.15, -0.1) is 0 Å². The summed E-state index contributed by atoms with van der Waals surface area (Å²) in [5, 5.41) is 3.56. The van der Waals surface area contributed by atoms with E-state index in [2.05, 4.69) is 27.6 Å². The van der Waals surface area contributed by atoms with Gasteiger partial charge >= 0.3 is 6.18 Å². The van der Waals surface area contributed by atoms with E-state index in [0.29, 0.717) is 5.69 Å². The fourth-order valence-corrected chi connectivity index (χ4v) is 4.24. The summed E-state index contributed by atoms with van der Waals surface area (Å²) in [5.41, 5.74) is 7.38. The zero-order valence-corrected chi connectivity index (χ0v) is 17.2. The van der Waals surface area contributed by atoms with Crippen molar-refractivity contribution in [1.29, 1.82) is 0 Å². The number of piperazine rings is 1. The van der Waals surface area contributed by atoms with E-state index in [-0.39, 0.29) is 10.7 Å². The van der Waals surface area contributed by atoms with E-state index in [9.17, 15) is 13.2 Å². The number of halogens is 3. The fraction of sp³-hybridized carbons (Fsp3) is 0.600. The molecule has 3 N–H and O–H groups in total. The molecule has 3 rings (SSSR count). The Morgan fingerprint density at radius 1 is 1.17 bits per heavy atom. The maximum atomic E-state index is 13.5. The number of nitrogens with two attached hydrogens (primary N) is 1. The molecule has 0 amide bonds. The lowest BCUT2D eigenvalue weighted by Gasteiger charge is -2.38. The third-order valence-corrected chi connectivity index (χ3v) is 5.79. The molecule has 0 bridgehead atoms. The quantitative estimate of drug-likeness (QED) is 0.427. The summed E-state index contributed by atoms with van der Waals surface area (Å²) in [6, 6.07) is 4.37. The van der Waals surface area contributed by atoms with Crippen molar-refractivity contribution in [1.82, 2.24) is 10.3 Å². The number of thiocarbonyl (C=S) groups is 1. The first kappa shape index (κ1) is 21.8. The van der Waals surface area contributed by atoms with E-state index in [1.54, 1.807) is 6.07 Å². The highest BCUT2D eigenvalue weighted by atomic mass is 32.1. The number of nitrogens with one attached hydrogen (secondary N) is 1. The number of hydrogen-bond donors (Lipinski definition) is 2. The van der Waals surface area contributed by atoms with Crippen molar-refractivity contribution in [3.05, 3.63) is 29.3 Å². The highest BCUT2D eigenvalue weighted by Crippen LogP contribution is 2.34. The van der Waals surface area contributed by atoms with Crippen LogP contribution in [0.5, 0.6) is 0 Å². The highest BCUT2D eigenvalue weighted by molar-refractivity contribution is 7.80. The van der Waals surface area contributed by atoms with Gasteiger partial charge in [0.15, 0.2) is 5.11 Å². The molecule has 29 heavy (non-hydrogen) atoms. The minimum absolute atomic E-state index is 0.0269. The first-order valence-corrected chi connectivity index (χ1v) is 10.5. The molecule has 0 spiro atoms. The van der Waals surface area contributed by atoms with E-state index in [1.807, 2.05) is 4.90 Å². The summed E-state index contributed by atoms with van der Waals surface area (Å²) in [4.78, 5) is 4.49. The van der Waals surface area contributed by atoms with Gasteiger partial charge in [0.25, 0.3) is 0 Å². The zero-order chi connectivity index (χ0) is 20.9. The summed E-state index contributed by atoms with van der Waals surface area (Å²) < 4.78 is 40.6. The van der Waals surface area contributed by atoms with Crippen LogP contribution in [-0.2, 0) is 6.18 Å². The monoisotopic (exact) mass is 427 g/mol. The van der Waals surface area contributed by atoms with E-state index in [0.717, 1.165) is 44.9 Å². The molecular weight excluding hydrogens is 399 g/mol. The maximum absolute atomic E-state index is 13.5. The highest BCUT2D eigenvalue weighted by Gasteiger charge is 2.34. The van der Waals surface area contributed by atoms with Gasteiger partial charge in [0.2, 0.25) is 0 Å². The Hall–Kier alpha value is -1.87. The van der Waals surface area contributed by atoms with Gasteiger partial charge in [0.05, 0.1) is 11.8 Å². The van der Waals surface area contributed by atoms with Gasteiger partial charge in [-0.25, -0.2) is 0 Å². The first-order chi connectivity index (χ1) is 13.8. The molecule has 1 saturated carbocycles. The van der Waals surface area contributed by atoms with Crippen LogP contribution in [0.15, 0.2) is 23.3 Å². The van der Waals surface area contributed by atoms with E-state index in [4.69, 9.17) is 5.73 Å². The summed E-state index contributed by atoms with van der Waals surface area (Å²) in [6.07, 6.45) is 3.24. The van der Waals surface area contributed by atoms with Gasteiger partial charge in [-0.3, -0.25) is 10.3 Å². The molecule has 1 saturated heterocycles. The molecule has 0 aromatic heterocycles. The Morgan fingerprint density at radius 3 is 2.48 bits per heavy atom. The van der Waals surface area contributed by atoms with Crippen LogP contribution in [0.3, 0.4) is 0 Å². The van der Waals surface area contributed by atoms with E-state index < -0.39 is 11.7 Å². The Kier molecular flexibility index (Phi) is 7.34. The van der Waals surface area contributed by atoms with Crippen molar-refractivity contribution >= 4 is 29.2 Å². The number of benzene rings is 1. The summed E-state index contributed by atoms with van der Waals surface area (Å²) in [6.45, 7) is 4.37. The van der Waals surface area contributed by atoms with Crippen molar-refractivity contribution in [3.63, 3.8) is 0 Å². The van der Waals surface area contributed by atoms with Gasteiger partial charge in [-0.2, -0.15) is 18.3 Å². The third-order valence-electron chi connectivity index (χ3n) is 5.70. The molecule has 5 nitrogen and oxygen atoms in total. The third kappa shape index (κ3) is 6.30. The number of hydrazone groups is 1. The van der Waals surface area contributed by atoms with Crippen molar-refractivity contribution < 1.29 is 13.2 Å². The number of alkyl halides is 3. The number of anilines is 1. The van der Waals surface area contributed by atoms with Crippen LogP contribution in [-0.4, -0.2) is 49.0 Å². The number of nitrogens with zero attached hydrogens (tertiary/aromatic N) is 3. The van der Waals surface area contributed by atoms with Gasteiger partial charge in [-0.1, -0.05) is 25.3 Å². The summed E-state index contributed by atoms with van der Waals surface area (Å²) in [5.74, 6) is 0.778. The molecule has 2 fully saturated rings. The average Bonchev–Trinajstić information content (AvgIpc) is 2.68. The maximum Gasteiger partial charge on any atom is 0.417 e. The molecule has 9 heteroatoms. The topological polar surface area (TPSA) is 56.9 Å². The van der Waals surface area contributed by atoms with Crippen molar-refractivity contribution in [3.8, 4) is 0 Å². The second-order valence-electron chi connectivity index (χ2n) is 7.80. The Balaban J connectivity index is 1.64. The van der Waals surface area contributed by atoms with Crippen LogP contribution in [0.2, 0.25) is 0 Å². The van der Waals surface area contributed by atoms with Crippen LogP contribution in [0, 0.1) is 5.92 Å². The first-order valence-electron chi connectivity index (χ1n) is 10.1. The Morgan fingerprint density at radius 2 is 1.86 bits per heavy atom. The molecule has 2 aliphatic rings. The number of rotatable bonds is 5. The predicted molar refractivity (Wildman–Crippen MR) is 114 cm³/mol. The average molecular weight is 428 g/mol. The molecule has 1 aromatic rings. The normalized spacial score (nSPS) is 19.6. The molecule has 1 aliphatic carbocycles. The van der Waals surface area contributed by atoms with E-state index in [1.165, 1.54) is 44.2 Å². The molecule has 1 aromatic carbocycles. The summed E-state index contributed by atoms with van der Waals surface area (Å²) >= 11 is 4.60. The largest absolute Gasteiger partial charge is 0.417 e. The SMILES string of the molecule is NC(=S)N/N=C/c1ccc(N2CCN(CC3CCCCC3)CC2)cc1C(F)(F)F. The van der Waals surface area contributed by atoms with Crippen LogP contribution in [0.4, 0.5) is 18.9 Å². The fourth-order valence-electron chi connectivity index (χ4n) is 4.19. The van der Waals surface area contributed by atoms with Crippen molar-refractivity contribution in [2.75, 3.05) is 37.6 Å². The molecule has 0 atom stereocenters. The Labute approximate surface area is 175 Å². The van der Waals surface area contributed by atoms with Crippen molar-refractivity contribution in [2.45, 2.75) is 38.3 Å². The lowest BCUT2D eigenvalue weighted by Crippen LogP contribution is -2.48. The number of hydrogen-bond acceptors (Lipinski definition) is 4. The molecule has 1 aliphatic heterocycles. The van der Waals surface area contributed by atoms with Crippen LogP contribution < -0.4 is 16.1 Å². The van der Waals surface area contributed by atoms with Gasteiger partial charge in [-0.05, 0) is 43.1 Å². The standard InChI is InChI=1S/C20H28F3N5S/c21-20(22,23)18-12-17(7-6-16(18)13-25-26-19(24)29)28-10-8-27(9-11-28)14-15-4-2-1-3-5-15/h6-7,12-13,15H,1-5,8-11,14H2,(H3,24,26,29)/b25-13+. The second kappa shape index (κ2) is 9.75. The molecule has 160 valence electrons. The minimum Gasteiger partial charge on any atom is -0.375 e. The second-order valence-corrected chi connectivity index (χ2v) is 8.24. The van der Waals surface area contributed by atoms with E-state index >= 15 is 0 Å². The van der Waals surface area contributed by atoms with Crippen LogP contribution >= 0.6 is 12.2 Å². The van der Waals surface area contributed by atoms with Crippen LogP contribution in [0.25, 0.3) is 0 Å². The summed E-state index contributed by atoms with van der Waals surface area (Å²) in [7, 11) is 0. The smallest absolute Gasteiger partial charge is 0.375 e. The molecule has 1 heterocycles. The minimum atomic E-state index is -4.47. The molecule has 0 radical (unpaired) electrons. The van der Waals surface area contributed by atoms with Gasteiger partial charge < -0.3 is 10.6 Å². The van der Waals surface area contributed by atoms with Gasteiger partial charge in [0, 0.05) is 44.0 Å². The molecule has 0 unspecified atom stereocenters. The van der Waals surface area contributed by atoms with Crippen molar-refractivity contribution in [2.24, 2.45) is 16.8 Å². The zero-order valence-electron chi connectivity index (χ0n) is 16.4. The lowest BCUT2D eigenvalue weighted by atomic mass is 9.89. The van der Waals surface area contributed by atoms with Crippen LogP contribution in [0.1, 0.15) is 43.2 Å².